The number of rotatable bonds is 5. The van der Waals surface area contributed by atoms with Gasteiger partial charge >= 0.3 is 6.03 Å². The number of carbonyl (C=O) groups is 1. The van der Waals surface area contributed by atoms with Gasteiger partial charge < -0.3 is 14.6 Å². The number of nitrogens with one attached hydrogen (secondary N) is 1. The van der Waals surface area contributed by atoms with Gasteiger partial charge in [0.15, 0.2) is 0 Å². The first-order valence-corrected chi connectivity index (χ1v) is 11.8. The number of hydrogen-bond acceptors (Lipinski definition) is 6. The number of benzene rings is 2. The van der Waals surface area contributed by atoms with E-state index in [4.69, 9.17) is 20.9 Å². The Morgan fingerprint density at radius 1 is 1.15 bits per heavy atom. The summed E-state index contributed by atoms with van der Waals surface area (Å²) in [7, 11) is 1.61. The van der Waals surface area contributed by atoms with Crippen LogP contribution in [0.5, 0.6) is 5.75 Å². The zero-order valence-electron chi connectivity index (χ0n) is 18.7. The van der Waals surface area contributed by atoms with Crippen LogP contribution in [0, 0.1) is 6.92 Å². The van der Waals surface area contributed by atoms with Crippen LogP contribution < -0.4 is 15.0 Å². The van der Waals surface area contributed by atoms with Crippen molar-refractivity contribution in [1.29, 1.82) is 0 Å². The maximum atomic E-state index is 13.3. The number of urea groups is 1. The summed E-state index contributed by atoms with van der Waals surface area (Å²) in [6, 6.07) is 16.1. The molecule has 1 aliphatic heterocycles. The minimum atomic E-state index is -0.517. The molecular formula is C25H21ClN4O3S. The highest BCUT2D eigenvalue weighted by molar-refractivity contribution is 7.13. The molecule has 0 bridgehead atoms. The topological polar surface area (TPSA) is 80.5 Å². The monoisotopic (exact) mass is 492 g/mol. The largest absolute Gasteiger partial charge is 0.497 e. The second-order valence-corrected chi connectivity index (χ2v) is 9.18. The van der Waals surface area contributed by atoms with E-state index in [-0.39, 0.29) is 6.03 Å². The van der Waals surface area contributed by atoms with E-state index in [1.54, 1.807) is 18.1 Å². The number of thiophene rings is 1. The summed E-state index contributed by atoms with van der Waals surface area (Å²) in [6.45, 7) is 3.78. The summed E-state index contributed by atoms with van der Waals surface area (Å²) < 4.78 is 11.1. The maximum Gasteiger partial charge on any atom is 0.326 e. The van der Waals surface area contributed by atoms with Gasteiger partial charge in [-0.05, 0) is 60.7 Å². The molecule has 0 saturated carbocycles. The Balaban J connectivity index is 1.67. The fraction of sp³-hybridized carbons (Fsp3) is 0.160. The highest BCUT2D eigenvalue weighted by Gasteiger charge is 2.36. The summed E-state index contributed by atoms with van der Waals surface area (Å²) >= 11 is 7.90. The zero-order valence-corrected chi connectivity index (χ0v) is 20.3. The van der Waals surface area contributed by atoms with Gasteiger partial charge in [0, 0.05) is 10.7 Å². The fourth-order valence-electron chi connectivity index (χ4n) is 3.96. The minimum Gasteiger partial charge on any atom is -0.497 e. The summed E-state index contributed by atoms with van der Waals surface area (Å²) in [4.78, 5) is 20.5. The third-order valence-corrected chi connectivity index (χ3v) is 7.00. The first-order valence-electron chi connectivity index (χ1n) is 10.6. The van der Waals surface area contributed by atoms with Gasteiger partial charge in [0.05, 0.1) is 29.3 Å². The Kier molecular flexibility index (Phi) is 5.85. The molecule has 9 heteroatoms. The lowest BCUT2D eigenvalue weighted by Gasteiger charge is -2.35. The number of anilines is 1. The van der Waals surface area contributed by atoms with Crippen molar-refractivity contribution in [2.75, 3.05) is 12.0 Å². The van der Waals surface area contributed by atoms with E-state index in [0.717, 1.165) is 16.0 Å². The summed E-state index contributed by atoms with van der Waals surface area (Å²) in [5.74, 6) is 1.51. The second kappa shape index (κ2) is 8.96. The molecule has 0 spiro atoms. The Morgan fingerprint density at radius 3 is 2.74 bits per heavy atom. The normalized spacial score (nSPS) is 16.1. The molecule has 2 aromatic carbocycles. The summed E-state index contributed by atoms with van der Waals surface area (Å²) in [6.07, 6.45) is 0. The number of aryl methyl sites for hydroxylation is 1. The number of nitrogens with zero attached hydrogens (tertiary/aromatic N) is 3. The van der Waals surface area contributed by atoms with E-state index in [0.29, 0.717) is 39.4 Å². The number of aromatic nitrogens is 2. The molecule has 0 aliphatic carbocycles. The third-order valence-electron chi connectivity index (χ3n) is 5.72. The molecule has 1 atom stereocenters. The number of hydrogen-bond donors (Lipinski definition) is 1. The number of allylic oxidation sites excluding steroid dienone is 1. The fourth-order valence-corrected chi connectivity index (χ4v) is 4.79. The van der Waals surface area contributed by atoms with Crippen molar-refractivity contribution in [3.63, 3.8) is 0 Å². The first kappa shape index (κ1) is 22.2. The molecule has 1 aliphatic rings. The number of carbonyl (C=O) groups excluding carboxylic acids is 1. The van der Waals surface area contributed by atoms with Crippen LogP contribution in [0.25, 0.3) is 16.3 Å². The van der Waals surface area contributed by atoms with Crippen molar-refractivity contribution < 1.29 is 14.1 Å². The van der Waals surface area contributed by atoms with Crippen LogP contribution in [0.1, 0.15) is 30.0 Å². The van der Waals surface area contributed by atoms with Crippen molar-refractivity contribution >= 4 is 40.2 Å². The van der Waals surface area contributed by atoms with Crippen molar-refractivity contribution in [2.24, 2.45) is 0 Å². The number of amides is 2. The molecule has 0 fully saturated rings. The van der Waals surface area contributed by atoms with Gasteiger partial charge in [-0.25, -0.2) is 4.79 Å². The van der Waals surface area contributed by atoms with Crippen LogP contribution in [0.4, 0.5) is 10.5 Å². The van der Waals surface area contributed by atoms with Crippen LogP contribution in [0.2, 0.25) is 5.02 Å². The Labute approximate surface area is 205 Å². The molecule has 1 unspecified atom stereocenters. The molecule has 3 heterocycles. The average Bonchev–Trinajstić information content (AvgIpc) is 3.53. The predicted octanol–water partition coefficient (Wildman–Crippen LogP) is 6.47. The predicted molar refractivity (Wildman–Crippen MR) is 133 cm³/mol. The maximum absolute atomic E-state index is 13.3. The first-order chi connectivity index (χ1) is 16.5. The van der Waals surface area contributed by atoms with Crippen molar-refractivity contribution in [3.8, 4) is 16.5 Å². The molecule has 1 N–H and O–H groups in total. The van der Waals surface area contributed by atoms with Crippen molar-refractivity contribution in [3.05, 3.63) is 87.7 Å². The lowest BCUT2D eigenvalue weighted by atomic mass is 9.94. The second-order valence-electron chi connectivity index (χ2n) is 7.83. The molecule has 2 aromatic heterocycles. The van der Waals surface area contributed by atoms with Gasteiger partial charge in [-0.2, -0.15) is 4.98 Å². The van der Waals surface area contributed by atoms with Crippen LogP contribution in [0.3, 0.4) is 0 Å². The van der Waals surface area contributed by atoms with E-state index in [9.17, 15) is 4.79 Å². The molecule has 0 saturated heterocycles. The average molecular weight is 493 g/mol. The number of ether oxygens (including phenoxy) is 1. The molecule has 7 nitrogen and oxygen atoms in total. The van der Waals surface area contributed by atoms with Gasteiger partial charge in [0.2, 0.25) is 5.82 Å². The summed E-state index contributed by atoms with van der Waals surface area (Å²) in [5.41, 5.74) is 3.76. The highest BCUT2D eigenvalue weighted by Crippen LogP contribution is 2.40. The number of halogens is 1. The lowest BCUT2D eigenvalue weighted by Crippen LogP contribution is -2.46. The van der Waals surface area contributed by atoms with Crippen molar-refractivity contribution in [2.45, 2.75) is 19.9 Å². The molecule has 4 aromatic rings. The minimum absolute atomic E-state index is 0.285. The quantitative estimate of drug-likeness (QED) is 0.345. The Hall–Kier alpha value is -3.62. The standard InChI is InChI=1S/C25H21ClN4O3S/c1-14-9-10-17(13-19(14)26)30-15(2)21(24-28-23(29-33-24)20-8-5-11-34-20)22(27-25(30)31)16-6-4-7-18(12-16)32-3/h4-13,22H,1-3H3,(H,27,31). The van der Waals surface area contributed by atoms with E-state index in [2.05, 4.69) is 15.5 Å². The zero-order chi connectivity index (χ0) is 23.8. The van der Waals surface area contributed by atoms with Crippen LogP contribution >= 0.6 is 22.9 Å². The Morgan fingerprint density at radius 2 is 2.00 bits per heavy atom. The van der Waals surface area contributed by atoms with Crippen molar-refractivity contribution in [1.82, 2.24) is 15.5 Å². The van der Waals surface area contributed by atoms with Gasteiger partial charge in [-0.15, -0.1) is 11.3 Å². The van der Waals surface area contributed by atoms with Gasteiger partial charge in [-0.1, -0.05) is 41.0 Å². The van der Waals surface area contributed by atoms with Gasteiger partial charge in [0.1, 0.15) is 5.75 Å². The van der Waals surface area contributed by atoms with Gasteiger partial charge in [0.25, 0.3) is 5.89 Å². The van der Waals surface area contributed by atoms with Crippen LogP contribution in [-0.4, -0.2) is 23.3 Å². The molecule has 0 radical (unpaired) electrons. The molecule has 5 rings (SSSR count). The van der Waals surface area contributed by atoms with E-state index < -0.39 is 6.04 Å². The van der Waals surface area contributed by atoms with E-state index in [1.165, 1.54) is 11.3 Å². The highest BCUT2D eigenvalue weighted by atomic mass is 35.5. The lowest BCUT2D eigenvalue weighted by molar-refractivity contribution is 0.244. The van der Waals surface area contributed by atoms with E-state index >= 15 is 0 Å². The van der Waals surface area contributed by atoms with Crippen LogP contribution in [-0.2, 0) is 0 Å². The van der Waals surface area contributed by atoms with Crippen LogP contribution in [0.15, 0.2) is 70.2 Å². The molecule has 172 valence electrons. The molecular weight excluding hydrogens is 472 g/mol. The SMILES string of the molecule is COc1cccc(C2NC(=O)N(c3ccc(C)c(Cl)c3)C(C)=C2c2nc(-c3cccs3)no2)c1. The molecule has 34 heavy (non-hydrogen) atoms. The van der Waals surface area contributed by atoms with Gasteiger partial charge in [-0.3, -0.25) is 4.90 Å². The van der Waals surface area contributed by atoms with E-state index in [1.807, 2.05) is 67.8 Å². The Bertz CT molecular complexity index is 1400. The third kappa shape index (κ3) is 3.95. The molecule has 2 amide bonds. The smallest absolute Gasteiger partial charge is 0.326 e. The number of methoxy groups -OCH3 is 1. The summed E-state index contributed by atoms with van der Waals surface area (Å²) in [5, 5.41) is 9.81.